The zero-order chi connectivity index (χ0) is 9.14. The van der Waals surface area contributed by atoms with Crippen molar-refractivity contribution in [1.29, 1.82) is 0 Å². The fraction of sp³-hybridized carbons (Fsp3) is 0.500. The maximum Gasteiger partial charge on any atom is 0.330 e. The lowest BCUT2D eigenvalue weighted by Crippen LogP contribution is -2.30. The highest BCUT2D eigenvalue weighted by molar-refractivity contribution is 6.46. The smallest absolute Gasteiger partial charge is 0.330 e. The van der Waals surface area contributed by atoms with Gasteiger partial charge in [0, 0.05) is 6.54 Å². The van der Waals surface area contributed by atoms with Crippen molar-refractivity contribution in [1.82, 2.24) is 10.2 Å². The molecule has 0 aromatic rings. The van der Waals surface area contributed by atoms with Crippen LogP contribution >= 0.6 is 0 Å². The number of urea groups is 1. The van der Waals surface area contributed by atoms with Crippen molar-refractivity contribution in [3.05, 3.63) is 0 Å². The molecule has 6 nitrogen and oxygen atoms in total. The topological polar surface area (TPSA) is 71.0 Å². The Kier molecular flexibility index (Phi) is 2.27. The van der Waals surface area contributed by atoms with Crippen LogP contribution in [-0.2, 0) is 9.63 Å². The average Bonchev–Trinajstić information content (AvgIpc) is 2.28. The maximum atomic E-state index is 11.0. The molecule has 0 atom stereocenters. The van der Waals surface area contributed by atoms with E-state index in [9.17, 15) is 9.59 Å². The van der Waals surface area contributed by atoms with Gasteiger partial charge in [-0.15, -0.1) is 0 Å². The lowest BCUT2D eigenvalue weighted by Gasteiger charge is -2.08. The number of nitrogens with one attached hydrogen (secondary N) is 1. The van der Waals surface area contributed by atoms with Crippen LogP contribution in [-0.4, -0.2) is 36.3 Å². The highest BCUT2D eigenvalue weighted by atomic mass is 16.6. The molecular formula is C6H9N3O3. The molecular weight excluding hydrogens is 162 g/mol. The Morgan fingerprint density at radius 2 is 2.25 bits per heavy atom. The van der Waals surface area contributed by atoms with Gasteiger partial charge in [0.2, 0.25) is 5.84 Å². The number of carbonyl (C=O) groups is 2. The molecule has 1 fully saturated rings. The first kappa shape index (κ1) is 8.51. The van der Waals surface area contributed by atoms with Gasteiger partial charge in [-0.3, -0.25) is 15.0 Å². The highest BCUT2D eigenvalue weighted by Crippen LogP contribution is 2.01. The first-order valence-electron chi connectivity index (χ1n) is 3.44. The number of amides is 3. The van der Waals surface area contributed by atoms with Crippen molar-refractivity contribution in [3.8, 4) is 0 Å². The molecule has 0 bridgehead atoms. The van der Waals surface area contributed by atoms with Gasteiger partial charge in [-0.2, -0.15) is 0 Å². The molecule has 0 radical (unpaired) electrons. The summed E-state index contributed by atoms with van der Waals surface area (Å²) in [7, 11) is 1.32. The molecule has 1 N–H and O–H groups in total. The third-order valence-electron chi connectivity index (χ3n) is 1.42. The van der Waals surface area contributed by atoms with Gasteiger partial charge < -0.3 is 4.84 Å². The molecule has 0 aromatic carbocycles. The van der Waals surface area contributed by atoms with Crippen molar-refractivity contribution >= 4 is 17.8 Å². The molecule has 1 saturated heterocycles. The normalized spacial score (nSPS) is 20.2. The van der Waals surface area contributed by atoms with E-state index in [2.05, 4.69) is 15.3 Å². The number of carbonyl (C=O) groups excluding carboxylic acids is 2. The number of likely N-dealkylation sites (N-methyl/N-ethyl adjacent to an activating group) is 1. The predicted molar refractivity (Wildman–Crippen MR) is 40.4 cm³/mol. The van der Waals surface area contributed by atoms with Crippen LogP contribution in [0.3, 0.4) is 0 Å². The van der Waals surface area contributed by atoms with Gasteiger partial charge in [0.1, 0.15) is 7.11 Å². The third-order valence-corrected chi connectivity index (χ3v) is 1.42. The molecule has 1 rings (SSSR count). The van der Waals surface area contributed by atoms with Crippen LogP contribution in [0.5, 0.6) is 0 Å². The Bertz CT molecular complexity index is 248. The number of hydrogen-bond acceptors (Lipinski definition) is 4. The number of hydrogen-bond donors (Lipinski definition) is 1. The van der Waals surface area contributed by atoms with E-state index in [1.165, 1.54) is 12.0 Å². The SMILES string of the molecule is CCN1C(=O)NC(=O)/C1=N/OC. The molecule has 6 heteroatoms. The van der Waals surface area contributed by atoms with E-state index in [1.54, 1.807) is 6.92 Å². The Morgan fingerprint density at radius 1 is 1.58 bits per heavy atom. The van der Waals surface area contributed by atoms with Crippen molar-refractivity contribution in [3.63, 3.8) is 0 Å². The van der Waals surface area contributed by atoms with E-state index in [0.717, 1.165) is 0 Å². The number of rotatable bonds is 2. The number of amidine groups is 1. The van der Waals surface area contributed by atoms with E-state index < -0.39 is 11.9 Å². The van der Waals surface area contributed by atoms with Crippen molar-refractivity contribution in [2.24, 2.45) is 5.16 Å². The van der Waals surface area contributed by atoms with E-state index >= 15 is 0 Å². The quantitative estimate of drug-likeness (QED) is 0.450. The zero-order valence-electron chi connectivity index (χ0n) is 6.83. The second kappa shape index (κ2) is 3.21. The third kappa shape index (κ3) is 1.23. The van der Waals surface area contributed by atoms with Crippen LogP contribution in [0, 0.1) is 0 Å². The first-order valence-corrected chi connectivity index (χ1v) is 3.44. The number of imide groups is 1. The van der Waals surface area contributed by atoms with Gasteiger partial charge in [-0.05, 0) is 6.92 Å². The summed E-state index contributed by atoms with van der Waals surface area (Å²) in [4.78, 5) is 27.5. The fourth-order valence-electron chi connectivity index (χ4n) is 0.910. The summed E-state index contributed by atoms with van der Waals surface area (Å²) in [6.45, 7) is 2.13. The standard InChI is InChI=1S/C6H9N3O3/c1-3-9-4(8-12-2)5(10)7-6(9)11/h3H2,1-2H3,(H,7,10,11)/b8-4-. The predicted octanol–water partition coefficient (Wildman–Crippen LogP) is -0.482. The van der Waals surface area contributed by atoms with Gasteiger partial charge >= 0.3 is 6.03 Å². The van der Waals surface area contributed by atoms with Crippen LogP contribution in [0.2, 0.25) is 0 Å². The number of oxime groups is 1. The van der Waals surface area contributed by atoms with Crippen LogP contribution in [0.4, 0.5) is 4.79 Å². The summed E-state index contributed by atoms with van der Waals surface area (Å²) in [5.41, 5.74) is 0. The molecule has 0 unspecified atom stereocenters. The Morgan fingerprint density at radius 3 is 2.75 bits per heavy atom. The molecule has 0 aliphatic carbocycles. The lowest BCUT2D eigenvalue weighted by atomic mass is 10.5. The van der Waals surface area contributed by atoms with Crippen LogP contribution < -0.4 is 5.32 Å². The zero-order valence-corrected chi connectivity index (χ0v) is 6.83. The summed E-state index contributed by atoms with van der Waals surface area (Å²) in [6, 6.07) is -0.460. The highest BCUT2D eigenvalue weighted by Gasteiger charge is 2.34. The molecule has 1 aliphatic rings. The average molecular weight is 171 g/mol. The van der Waals surface area contributed by atoms with Gasteiger partial charge in [0.05, 0.1) is 0 Å². The number of nitrogens with zero attached hydrogens (tertiary/aromatic N) is 2. The van der Waals surface area contributed by atoms with E-state index in [4.69, 9.17) is 0 Å². The van der Waals surface area contributed by atoms with Crippen LogP contribution in [0.25, 0.3) is 0 Å². The lowest BCUT2D eigenvalue weighted by molar-refractivity contribution is -0.113. The Labute approximate surface area is 69.2 Å². The second-order valence-electron chi connectivity index (χ2n) is 2.10. The second-order valence-corrected chi connectivity index (χ2v) is 2.10. The molecule has 0 aromatic heterocycles. The largest absolute Gasteiger partial charge is 0.397 e. The Balaban J connectivity index is 2.89. The van der Waals surface area contributed by atoms with Crippen LogP contribution in [0.1, 0.15) is 6.92 Å². The Hall–Kier alpha value is -1.59. The van der Waals surface area contributed by atoms with E-state index in [1.807, 2.05) is 0 Å². The molecule has 66 valence electrons. The van der Waals surface area contributed by atoms with Gasteiger partial charge in [0.15, 0.2) is 0 Å². The monoisotopic (exact) mass is 171 g/mol. The van der Waals surface area contributed by atoms with E-state index in [-0.39, 0.29) is 5.84 Å². The summed E-state index contributed by atoms with van der Waals surface area (Å²) in [5, 5.41) is 5.51. The molecule has 0 spiro atoms. The van der Waals surface area contributed by atoms with Crippen LogP contribution in [0.15, 0.2) is 5.16 Å². The van der Waals surface area contributed by atoms with Crippen molar-refractivity contribution in [2.45, 2.75) is 6.92 Å². The van der Waals surface area contributed by atoms with Crippen molar-refractivity contribution < 1.29 is 14.4 Å². The molecule has 0 saturated carbocycles. The summed E-state index contributed by atoms with van der Waals surface area (Å²) in [5.74, 6) is -0.520. The minimum absolute atomic E-state index is 0.00463. The van der Waals surface area contributed by atoms with Gasteiger partial charge in [-0.25, -0.2) is 4.79 Å². The summed E-state index contributed by atoms with van der Waals surface area (Å²) in [6.07, 6.45) is 0. The van der Waals surface area contributed by atoms with Gasteiger partial charge in [0.25, 0.3) is 5.91 Å². The van der Waals surface area contributed by atoms with E-state index in [0.29, 0.717) is 6.54 Å². The minimum atomic E-state index is -0.524. The first-order chi connectivity index (χ1) is 5.70. The summed E-state index contributed by atoms with van der Waals surface area (Å²) < 4.78 is 0. The molecule has 1 heterocycles. The molecule has 1 aliphatic heterocycles. The van der Waals surface area contributed by atoms with Gasteiger partial charge in [-0.1, -0.05) is 5.16 Å². The fourth-order valence-corrected chi connectivity index (χ4v) is 0.910. The molecule has 12 heavy (non-hydrogen) atoms. The summed E-state index contributed by atoms with van der Waals surface area (Å²) >= 11 is 0. The van der Waals surface area contributed by atoms with Crippen molar-refractivity contribution in [2.75, 3.05) is 13.7 Å². The minimum Gasteiger partial charge on any atom is -0.397 e. The molecule has 3 amide bonds. The maximum absolute atomic E-state index is 11.0.